The molecule has 1 aromatic heterocycles. The van der Waals surface area contributed by atoms with Gasteiger partial charge in [-0.2, -0.15) is 0 Å². The number of nitrogens with two attached hydrogens (primary N) is 1. The molecule has 5 nitrogen and oxygen atoms in total. The molecule has 0 spiro atoms. The van der Waals surface area contributed by atoms with Crippen LogP contribution >= 0.6 is 11.3 Å². The second-order valence-electron chi connectivity index (χ2n) is 4.77. The summed E-state index contributed by atoms with van der Waals surface area (Å²) in [5, 5.41) is 0.904. The van der Waals surface area contributed by atoms with E-state index in [4.69, 9.17) is 15.2 Å². The van der Waals surface area contributed by atoms with E-state index in [9.17, 15) is 4.79 Å². The minimum absolute atomic E-state index is 0.00610. The minimum Gasteiger partial charge on any atom is -0.486 e. The number of nitrogen functional groups attached to an aromatic ring is 1. The van der Waals surface area contributed by atoms with E-state index in [0.717, 1.165) is 18.1 Å². The second-order valence-corrected chi connectivity index (χ2v) is 5.77. The number of nitrogens with zero attached hydrogens (tertiary/aromatic N) is 1. The number of ketones is 1. The second kappa shape index (κ2) is 7.50. The normalized spacial score (nSPS) is 10.9. The fourth-order valence-corrected chi connectivity index (χ4v) is 2.98. The lowest BCUT2D eigenvalue weighted by molar-refractivity contribution is 0.102. The average Bonchev–Trinajstić information content (AvgIpc) is 2.68. The van der Waals surface area contributed by atoms with Gasteiger partial charge in [-0.05, 0) is 20.8 Å². The Morgan fingerprint density at radius 2 is 2.10 bits per heavy atom. The third-order valence-corrected chi connectivity index (χ3v) is 4.14. The first-order chi connectivity index (χ1) is 9.42. The molecule has 20 heavy (non-hydrogen) atoms. The Kier molecular flexibility index (Phi) is 6.29. The minimum atomic E-state index is -0.0323. The molecule has 0 bridgehead atoms. The van der Waals surface area contributed by atoms with E-state index in [1.165, 1.54) is 18.3 Å². The summed E-state index contributed by atoms with van der Waals surface area (Å²) >= 11 is 1.39. The Morgan fingerprint density at radius 1 is 1.45 bits per heavy atom. The topological polar surface area (TPSA) is 64.8 Å². The third-order valence-electron chi connectivity index (χ3n) is 2.79. The van der Waals surface area contributed by atoms with Crippen molar-refractivity contribution in [3.63, 3.8) is 0 Å². The summed E-state index contributed by atoms with van der Waals surface area (Å²) in [5.41, 5.74) is 6.53. The number of ether oxygens (including phenoxy) is 2. The fraction of sp³-hybridized carbons (Fsp3) is 0.643. The first-order valence-corrected chi connectivity index (χ1v) is 7.57. The number of carbonyl (C=O) groups excluding carboxylic acids is 1. The summed E-state index contributed by atoms with van der Waals surface area (Å²) < 4.78 is 10.9. The van der Waals surface area contributed by atoms with Crippen LogP contribution in [0.3, 0.4) is 0 Å². The van der Waals surface area contributed by atoms with Gasteiger partial charge in [0, 0.05) is 27.1 Å². The van der Waals surface area contributed by atoms with Gasteiger partial charge in [-0.3, -0.25) is 4.79 Å². The Bertz CT molecular complexity index is 458. The van der Waals surface area contributed by atoms with Gasteiger partial charge in [0.15, 0.2) is 11.5 Å². The number of anilines is 2. The first kappa shape index (κ1) is 16.8. The standard InChI is InChI=1S/C14H24N2O3S/c1-6-16(7-8-18-5)14-12(19-9(2)3)11(15)13(20-14)10(4)17/h9H,6-8,15H2,1-5H3. The number of likely N-dealkylation sites (N-methyl/N-ethyl adjacent to an activating group) is 1. The molecule has 0 aliphatic rings. The molecule has 0 amide bonds. The van der Waals surface area contributed by atoms with Gasteiger partial charge in [-0.25, -0.2) is 0 Å². The molecular formula is C14H24N2O3S. The highest BCUT2D eigenvalue weighted by Crippen LogP contribution is 2.45. The summed E-state index contributed by atoms with van der Waals surface area (Å²) in [6.07, 6.45) is 0.00610. The van der Waals surface area contributed by atoms with Gasteiger partial charge in [-0.1, -0.05) is 0 Å². The van der Waals surface area contributed by atoms with Crippen molar-refractivity contribution in [3.05, 3.63) is 4.88 Å². The van der Waals surface area contributed by atoms with Crippen LogP contribution in [0.2, 0.25) is 0 Å². The molecule has 0 saturated carbocycles. The van der Waals surface area contributed by atoms with Crippen LogP contribution in [0.15, 0.2) is 0 Å². The molecule has 1 rings (SSSR count). The van der Waals surface area contributed by atoms with Crippen molar-refractivity contribution < 1.29 is 14.3 Å². The van der Waals surface area contributed by atoms with Crippen molar-refractivity contribution in [2.45, 2.75) is 33.8 Å². The van der Waals surface area contributed by atoms with Crippen LogP contribution in [-0.4, -0.2) is 38.7 Å². The molecule has 114 valence electrons. The van der Waals surface area contributed by atoms with Crippen LogP contribution in [0.1, 0.15) is 37.4 Å². The Hall–Kier alpha value is -1.27. The molecule has 0 aromatic carbocycles. The lowest BCUT2D eigenvalue weighted by Gasteiger charge is -2.23. The van der Waals surface area contributed by atoms with Crippen LogP contribution in [-0.2, 0) is 4.74 Å². The molecule has 1 heterocycles. The van der Waals surface area contributed by atoms with Gasteiger partial charge >= 0.3 is 0 Å². The van der Waals surface area contributed by atoms with Crippen molar-refractivity contribution >= 4 is 27.8 Å². The number of hydrogen-bond acceptors (Lipinski definition) is 6. The van der Waals surface area contributed by atoms with Crippen LogP contribution in [0.25, 0.3) is 0 Å². The van der Waals surface area contributed by atoms with Gasteiger partial charge in [0.1, 0.15) is 5.00 Å². The van der Waals surface area contributed by atoms with E-state index in [0.29, 0.717) is 22.9 Å². The van der Waals surface area contributed by atoms with E-state index in [2.05, 4.69) is 11.8 Å². The van der Waals surface area contributed by atoms with Gasteiger partial charge in [-0.15, -0.1) is 11.3 Å². The van der Waals surface area contributed by atoms with Crippen LogP contribution in [0, 0.1) is 0 Å². The number of rotatable bonds is 8. The van der Waals surface area contributed by atoms with E-state index in [1.54, 1.807) is 7.11 Å². The maximum Gasteiger partial charge on any atom is 0.177 e. The highest BCUT2D eigenvalue weighted by Gasteiger charge is 2.24. The lowest BCUT2D eigenvalue weighted by atomic mass is 10.3. The lowest BCUT2D eigenvalue weighted by Crippen LogP contribution is -2.26. The maximum atomic E-state index is 11.7. The molecule has 0 radical (unpaired) electrons. The zero-order chi connectivity index (χ0) is 15.3. The molecule has 6 heteroatoms. The van der Waals surface area contributed by atoms with Gasteiger partial charge in [0.25, 0.3) is 0 Å². The van der Waals surface area contributed by atoms with Crippen molar-refractivity contribution in [1.82, 2.24) is 0 Å². The fourth-order valence-electron chi connectivity index (χ4n) is 1.84. The summed E-state index contributed by atoms with van der Waals surface area (Å²) in [4.78, 5) is 14.4. The SMILES string of the molecule is CCN(CCOC)c1sc(C(C)=O)c(N)c1OC(C)C. The zero-order valence-corrected chi connectivity index (χ0v) is 13.7. The van der Waals surface area contributed by atoms with Gasteiger partial charge in [0.2, 0.25) is 0 Å². The predicted octanol–water partition coefficient (Wildman–Crippen LogP) is 2.79. The summed E-state index contributed by atoms with van der Waals surface area (Å²) in [6.45, 7) is 9.62. The quantitative estimate of drug-likeness (QED) is 0.748. The van der Waals surface area contributed by atoms with Gasteiger partial charge < -0.3 is 20.1 Å². The van der Waals surface area contributed by atoms with E-state index in [-0.39, 0.29) is 11.9 Å². The molecule has 0 unspecified atom stereocenters. The van der Waals surface area contributed by atoms with Gasteiger partial charge in [0.05, 0.1) is 23.3 Å². The predicted molar refractivity (Wildman–Crippen MR) is 84.3 cm³/mol. The number of methoxy groups -OCH3 is 1. The van der Waals surface area contributed by atoms with E-state index in [1.807, 2.05) is 13.8 Å². The molecule has 0 fully saturated rings. The smallest absolute Gasteiger partial charge is 0.177 e. The molecule has 0 aliphatic heterocycles. The monoisotopic (exact) mass is 300 g/mol. The zero-order valence-electron chi connectivity index (χ0n) is 12.9. The number of hydrogen-bond donors (Lipinski definition) is 1. The van der Waals surface area contributed by atoms with Crippen LogP contribution in [0.4, 0.5) is 10.7 Å². The molecule has 0 atom stereocenters. The van der Waals surface area contributed by atoms with E-state index >= 15 is 0 Å². The Morgan fingerprint density at radius 3 is 2.55 bits per heavy atom. The summed E-state index contributed by atoms with van der Waals surface area (Å²) in [7, 11) is 1.67. The van der Waals surface area contributed by atoms with Crippen LogP contribution < -0.4 is 15.4 Å². The number of Topliss-reactive ketones (excluding diaryl/α,β-unsaturated/α-hetero) is 1. The Labute approximate surface area is 124 Å². The van der Waals surface area contributed by atoms with Crippen molar-refractivity contribution in [2.75, 3.05) is 37.4 Å². The molecule has 2 N–H and O–H groups in total. The third kappa shape index (κ3) is 3.86. The highest BCUT2D eigenvalue weighted by atomic mass is 32.1. The number of thiophene rings is 1. The van der Waals surface area contributed by atoms with Crippen LogP contribution in [0.5, 0.6) is 5.75 Å². The summed E-state index contributed by atoms with van der Waals surface area (Å²) in [6, 6.07) is 0. The van der Waals surface area contributed by atoms with Crippen molar-refractivity contribution in [3.8, 4) is 5.75 Å². The largest absolute Gasteiger partial charge is 0.486 e. The molecule has 1 aromatic rings. The highest BCUT2D eigenvalue weighted by molar-refractivity contribution is 7.19. The first-order valence-electron chi connectivity index (χ1n) is 6.76. The van der Waals surface area contributed by atoms with Crippen molar-refractivity contribution in [2.24, 2.45) is 0 Å². The van der Waals surface area contributed by atoms with Crippen molar-refractivity contribution in [1.29, 1.82) is 0 Å². The van der Waals surface area contributed by atoms with E-state index < -0.39 is 0 Å². The number of carbonyl (C=O) groups is 1. The maximum absolute atomic E-state index is 11.7. The molecule has 0 aliphatic carbocycles. The Balaban J connectivity index is 3.20. The molecule has 0 saturated heterocycles. The summed E-state index contributed by atoms with van der Waals surface area (Å²) in [5.74, 6) is 0.586. The molecular weight excluding hydrogens is 276 g/mol. The average molecular weight is 300 g/mol.